The number of fused-ring (bicyclic) bond motifs is 5. The van der Waals surface area contributed by atoms with Crippen LogP contribution in [-0.2, 0) is 4.79 Å². The monoisotopic (exact) mass is 395 g/mol. The number of hydrogen-bond acceptors (Lipinski definition) is 3. The summed E-state index contributed by atoms with van der Waals surface area (Å²) in [7, 11) is 1.96. The SMILES string of the molecule is CC(=C1C[C@@H]2[C@H](CC[C@]3(C)[C@@H](O)CC[C@@H]23)[C@@]2(C)C=CC(=O)N(C)[C@H]12)c1ncc[nH]1. The Morgan fingerprint density at radius 1 is 1.28 bits per heavy atom. The molecule has 0 unspecified atom stereocenters. The summed E-state index contributed by atoms with van der Waals surface area (Å²) < 4.78 is 0. The predicted molar refractivity (Wildman–Crippen MR) is 113 cm³/mol. The van der Waals surface area contributed by atoms with E-state index in [9.17, 15) is 9.90 Å². The molecule has 5 heteroatoms. The number of allylic oxidation sites excluding steroid dienone is 1. The smallest absolute Gasteiger partial charge is 0.246 e. The third-order valence-electron chi connectivity index (χ3n) is 9.22. The van der Waals surface area contributed by atoms with Crippen molar-refractivity contribution in [1.82, 2.24) is 14.9 Å². The third kappa shape index (κ3) is 2.49. The zero-order valence-electron chi connectivity index (χ0n) is 18.0. The van der Waals surface area contributed by atoms with Gasteiger partial charge in [0.25, 0.3) is 0 Å². The Balaban J connectivity index is 1.66. The summed E-state index contributed by atoms with van der Waals surface area (Å²) in [6.45, 7) is 6.82. The first-order chi connectivity index (χ1) is 13.8. The van der Waals surface area contributed by atoms with Crippen molar-refractivity contribution in [2.75, 3.05) is 7.05 Å². The van der Waals surface area contributed by atoms with Gasteiger partial charge in [-0.3, -0.25) is 4.79 Å². The number of H-pyrrole nitrogens is 1. The van der Waals surface area contributed by atoms with E-state index < -0.39 is 0 Å². The highest BCUT2D eigenvalue weighted by Crippen LogP contribution is 2.65. The first-order valence-electron chi connectivity index (χ1n) is 11.1. The van der Waals surface area contributed by atoms with Gasteiger partial charge in [0.15, 0.2) is 0 Å². The summed E-state index contributed by atoms with van der Waals surface area (Å²) >= 11 is 0. The van der Waals surface area contributed by atoms with Gasteiger partial charge in [-0.15, -0.1) is 0 Å². The van der Waals surface area contributed by atoms with Gasteiger partial charge in [0.1, 0.15) is 5.82 Å². The molecule has 0 aromatic carbocycles. The molecule has 0 spiro atoms. The predicted octanol–water partition coefficient (Wildman–Crippen LogP) is 3.79. The molecule has 5 rings (SSSR count). The van der Waals surface area contributed by atoms with E-state index >= 15 is 0 Å². The second kappa shape index (κ2) is 6.31. The van der Waals surface area contributed by atoms with Crippen molar-refractivity contribution >= 4 is 11.5 Å². The van der Waals surface area contributed by atoms with Crippen LogP contribution in [0.2, 0.25) is 0 Å². The van der Waals surface area contributed by atoms with Crippen LogP contribution in [0.5, 0.6) is 0 Å². The van der Waals surface area contributed by atoms with Gasteiger partial charge in [-0.25, -0.2) is 4.98 Å². The van der Waals surface area contributed by atoms with Crippen LogP contribution in [-0.4, -0.2) is 45.1 Å². The number of imidazole rings is 1. The minimum Gasteiger partial charge on any atom is -0.393 e. The van der Waals surface area contributed by atoms with Gasteiger partial charge in [0.2, 0.25) is 5.91 Å². The Labute approximate surface area is 173 Å². The van der Waals surface area contributed by atoms with Crippen LogP contribution in [0.3, 0.4) is 0 Å². The van der Waals surface area contributed by atoms with Crippen molar-refractivity contribution in [1.29, 1.82) is 0 Å². The molecule has 2 N–H and O–H groups in total. The van der Waals surface area contributed by atoms with Crippen LogP contribution in [0.1, 0.15) is 58.7 Å². The quantitative estimate of drug-likeness (QED) is 0.760. The maximum absolute atomic E-state index is 12.6. The fraction of sp³-hybridized carbons (Fsp3) is 0.667. The van der Waals surface area contributed by atoms with Crippen molar-refractivity contribution in [2.45, 2.75) is 65.0 Å². The number of aliphatic hydroxyl groups is 1. The molecule has 0 bridgehead atoms. The van der Waals surface area contributed by atoms with Crippen LogP contribution in [0, 0.1) is 28.6 Å². The average molecular weight is 396 g/mol. The number of rotatable bonds is 1. The summed E-state index contributed by atoms with van der Waals surface area (Å²) in [6, 6.07) is 0.0713. The molecule has 7 atom stereocenters. The lowest BCUT2D eigenvalue weighted by atomic mass is 9.47. The molecule has 0 radical (unpaired) electrons. The topological polar surface area (TPSA) is 69.2 Å². The Bertz CT molecular complexity index is 888. The fourth-order valence-electron chi connectivity index (χ4n) is 7.60. The highest BCUT2D eigenvalue weighted by atomic mass is 16.3. The Morgan fingerprint density at radius 3 is 2.79 bits per heavy atom. The maximum atomic E-state index is 12.6. The minimum absolute atomic E-state index is 0.0359. The van der Waals surface area contributed by atoms with Gasteiger partial charge < -0.3 is 15.0 Å². The molecule has 3 fully saturated rings. The standard InChI is InChI=1S/C24H33N3O2/c1-14(22-25-11-12-26-22)15-13-16-17-5-6-19(28)23(17,2)9-7-18(16)24(3)10-8-20(29)27(4)21(15)24/h8,10-12,16-19,21,28H,5-7,9,13H2,1-4H3,(H,25,26)/t16-,17-,18-,19-,21+,23-,24+/m0/s1. The van der Waals surface area contributed by atoms with E-state index in [2.05, 4.69) is 36.8 Å². The number of carbonyl (C=O) groups is 1. The lowest BCUT2D eigenvalue weighted by molar-refractivity contribution is -0.135. The number of carbonyl (C=O) groups excluding carboxylic acids is 1. The van der Waals surface area contributed by atoms with Crippen LogP contribution in [0.4, 0.5) is 0 Å². The first kappa shape index (κ1) is 19.1. The lowest BCUT2D eigenvalue weighted by Gasteiger charge is -2.61. The zero-order chi connectivity index (χ0) is 20.6. The zero-order valence-corrected chi connectivity index (χ0v) is 18.0. The van der Waals surface area contributed by atoms with Gasteiger partial charge in [-0.1, -0.05) is 19.9 Å². The number of hydrogen-bond donors (Lipinski definition) is 2. The molecule has 5 nitrogen and oxygen atoms in total. The van der Waals surface area contributed by atoms with Crippen molar-refractivity contribution < 1.29 is 9.90 Å². The summed E-state index contributed by atoms with van der Waals surface area (Å²) in [5.41, 5.74) is 2.47. The molecule has 1 aliphatic heterocycles. The normalized spacial score (nSPS) is 45.6. The Kier molecular flexibility index (Phi) is 4.16. The largest absolute Gasteiger partial charge is 0.393 e. The molecule has 2 heterocycles. The maximum Gasteiger partial charge on any atom is 0.246 e. The molecular formula is C24H33N3O2. The molecule has 4 aliphatic rings. The van der Waals surface area contributed by atoms with E-state index in [-0.39, 0.29) is 28.9 Å². The molecule has 1 amide bonds. The van der Waals surface area contributed by atoms with Crippen molar-refractivity contribution in [2.24, 2.45) is 28.6 Å². The fourth-order valence-corrected chi connectivity index (χ4v) is 7.60. The van der Waals surface area contributed by atoms with Crippen LogP contribution in [0.15, 0.2) is 30.1 Å². The second-order valence-electron chi connectivity index (χ2n) is 10.4. The summed E-state index contributed by atoms with van der Waals surface area (Å²) in [4.78, 5) is 22.4. The molecule has 3 saturated carbocycles. The molecule has 3 aliphatic carbocycles. The van der Waals surface area contributed by atoms with E-state index in [1.54, 1.807) is 12.3 Å². The van der Waals surface area contributed by atoms with E-state index in [1.807, 2.05) is 18.1 Å². The number of nitrogens with one attached hydrogen (secondary N) is 1. The molecular weight excluding hydrogens is 362 g/mol. The number of aromatic amines is 1. The highest BCUT2D eigenvalue weighted by molar-refractivity contribution is 5.90. The molecule has 1 aromatic rings. The molecule has 29 heavy (non-hydrogen) atoms. The van der Waals surface area contributed by atoms with Gasteiger partial charge in [0, 0.05) is 24.9 Å². The van der Waals surface area contributed by atoms with Gasteiger partial charge in [-0.05, 0) is 79.4 Å². The summed E-state index contributed by atoms with van der Waals surface area (Å²) in [5, 5.41) is 10.8. The van der Waals surface area contributed by atoms with Gasteiger partial charge in [0.05, 0.1) is 12.1 Å². The summed E-state index contributed by atoms with van der Waals surface area (Å²) in [6.07, 6.45) is 12.7. The first-order valence-corrected chi connectivity index (χ1v) is 11.1. The third-order valence-corrected chi connectivity index (χ3v) is 9.22. The molecule has 156 valence electrons. The summed E-state index contributed by atoms with van der Waals surface area (Å²) in [5.74, 6) is 2.62. The number of aromatic nitrogens is 2. The number of aliphatic hydroxyl groups excluding tert-OH is 1. The van der Waals surface area contributed by atoms with Gasteiger partial charge >= 0.3 is 0 Å². The van der Waals surface area contributed by atoms with Crippen LogP contribution in [0.25, 0.3) is 5.57 Å². The molecule has 0 saturated heterocycles. The highest BCUT2D eigenvalue weighted by Gasteiger charge is 2.61. The van der Waals surface area contributed by atoms with E-state index in [4.69, 9.17) is 0 Å². The van der Waals surface area contributed by atoms with E-state index in [0.717, 1.165) is 37.9 Å². The second-order valence-corrected chi connectivity index (χ2v) is 10.4. The average Bonchev–Trinajstić information content (AvgIpc) is 3.33. The minimum atomic E-state index is -0.177. The van der Waals surface area contributed by atoms with Crippen molar-refractivity contribution in [3.8, 4) is 0 Å². The Hall–Kier alpha value is -1.88. The number of nitrogens with zero attached hydrogens (tertiary/aromatic N) is 2. The van der Waals surface area contributed by atoms with Crippen molar-refractivity contribution in [3.63, 3.8) is 0 Å². The van der Waals surface area contributed by atoms with Crippen LogP contribution >= 0.6 is 0 Å². The number of likely N-dealkylation sites (N-methyl/N-ethyl adjacent to an activating group) is 1. The van der Waals surface area contributed by atoms with Gasteiger partial charge in [-0.2, -0.15) is 0 Å². The van der Waals surface area contributed by atoms with E-state index in [1.165, 1.54) is 11.1 Å². The molecule has 1 aromatic heterocycles. The van der Waals surface area contributed by atoms with E-state index in [0.29, 0.717) is 17.8 Å². The van der Waals surface area contributed by atoms with Crippen LogP contribution < -0.4 is 0 Å². The number of amides is 1. The lowest BCUT2D eigenvalue weighted by Crippen LogP contribution is -2.60. The Morgan fingerprint density at radius 2 is 2.07 bits per heavy atom. The van der Waals surface area contributed by atoms with Crippen molar-refractivity contribution in [3.05, 3.63) is 35.9 Å².